The van der Waals surface area contributed by atoms with E-state index in [1.165, 1.54) is 5.69 Å². The molecule has 0 unspecified atom stereocenters. The third-order valence-corrected chi connectivity index (χ3v) is 12.8. The van der Waals surface area contributed by atoms with Crippen LogP contribution in [-0.4, -0.2) is 114 Å². The minimum Gasteiger partial charge on any atom is -0.371 e. The van der Waals surface area contributed by atoms with Gasteiger partial charge >= 0.3 is 0 Å². The highest BCUT2D eigenvalue weighted by Gasteiger charge is 2.31. The first-order valence-electron chi connectivity index (χ1n) is 20.1. The standard InChI is InChI=1S/C42H48BrFN10O3/c1-27-22-30(49-57-27)26-51-16-20-54(21-17-51)39-35(43)24-45-41-38(39)47-40(48-41)29-2-4-31(5-3-29)53-18-14-50(15-19-53)25-28-10-12-52(13-11-28)32-6-7-33(36(44)23-32)34-8-9-37(55)46-42(34)56/h2-7,22-24,28,34H,8-21,25-26H2,1H3,(H,45,47,48)(H,46,55,56)/t34-/m1/s1. The number of aromatic nitrogens is 4. The lowest BCUT2D eigenvalue weighted by Crippen LogP contribution is -2.49. The summed E-state index contributed by atoms with van der Waals surface area (Å²) in [5.74, 6) is 0.584. The Hall–Kier alpha value is -4.86. The van der Waals surface area contributed by atoms with Gasteiger partial charge in [-0.2, -0.15) is 0 Å². The number of carbonyl (C=O) groups is 2. The highest BCUT2D eigenvalue weighted by atomic mass is 79.9. The first kappa shape index (κ1) is 37.7. The number of aromatic amines is 1. The highest BCUT2D eigenvalue weighted by molar-refractivity contribution is 9.10. The van der Waals surface area contributed by atoms with Gasteiger partial charge in [-0.3, -0.25) is 24.7 Å². The van der Waals surface area contributed by atoms with Crippen LogP contribution in [0.4, 0.5) is 21.5 Å². The molecule has 0 bridgehead atoms. The average Bonchev–Trinajstić information content (AvgIpc) is 3.85. The molecule has 5 aromatic rings. The Morgan fingerprint density at radius 1 is 0.842 bits per heavy atom. The number of aryl methyl sites for hydroxylation is 1. The van der Waals surface area contributed by atoms with E-state index < -0.39 is 11.8 Å². The summed E-state index contributed by atoms with van der Waals surface area (Å²) in [6.07, 6.45) is 4.57. The van der Waals surface area contributed by atoms with Crippen molar-refractivity contribution in [2.24, 2.45) is 5.92 Å². The van der Waals surface area contributed by atoms with Crippen molar-refractivity contribution in [1.82, 2.24) is 35.2 Å². The second-order valence-electron chi connectivity index (χ2n) is 15.9. The van der Waals surface area contributed by atoms with Gasteiger partial charge < -0.3 is 24.2 Å². The van der Waals surface area contributed by atoms with Gasteiger partial charge in [0, 0.05) is 120 Å². The average molecular weight is 840 g/mol. The summed E-state index contributed by atoms with van der Waals surface area (Å²) in [6.45, 7) is 13.2. The maximum Gasteiger partial charge on any atom is 0.234 e. The zero-order valence-electron chi connectivity index (χ0n) is 32.2. The third kappa shape index (κ3) is 8.14. The van der Waals surface area contributed by atoms with Crippen molar-refractivity contribution < 1.29 is 18.5 Å². The van der Waals surface area contributed by atoms with Crippen molar-refractivity contribution in [3.63, 3.8) is 0 Å². The van der Waals surface area contributed by atoms with Crippen molar-refractivity contribution in [3.05, 3.63) is 82.0 Å². The molecule has 0 radical (unpaired) electrons. The van der Waals surface area contributed by atoms with E-state index >= 15 is 4.39 Å². The second-order valence-corrected chi connectivity index (χ2v) is 16.8. The van der Waals surface area contributed by atoms with Crippen LogP contribution in [0.2, 0.25) is 0 Å². The summed E-state index contributed by atoms with van der Waals surface area (Å²) in [5, 5.41) is 6.50. The number of piperidine rings is 2. The Kier molecular flexibility index (Phi) is 10.7. The van der Waals surface area contributed by atoms with Crippen molar-refractivity contribution in [1.29, 1.82) is 0 Å². The van der Waals surface area contributed by atoms with Gasteiger partial charge in [0.25, 0.3) is 0 Å². The molecule has 0 saturated carbocycles. The first-order chi connectivity index (χ1) is 27.7. The highest BCUT2D eigenvalue weighted by Crippen LogP contribution is 2.35. The molecule has 13 nitrogen and oxygen atoms in total. The molecule has 15 heteroatoms. The number of imide groups is 1. The molecule has 9 rings (SSSR count). The lowest BCUT2D eigenvalue weighted by molar-refractivity contribution is -0.134. The predicted molar refractivity (Wildman–Crippen MR) is 221 cm³/mol. The van der Waals surface area contributed by atoms with Crippen LogP contribution in [-0.2, 0) is 16.1 Å². The largest absolute Gasteiger partial charge is 0.371 e. The van der Waals surface area contributed by atoms with Gasteiger partial charge in [0.1, 0.15) is 22.9 Å². The van der Waals surface area contributed by atoms with Crippen LogP contribution in [0.15, 0.2) is 63.7 Å². The molecule has 298 valence electrons. The van der Waals surface area contributed by atoms with E-state index in [2.05, 4.69) is 85.1 Å². The van der Waals surface area contributed by atoms with Crippen LogP contribution in [0.5, 0.6) is 0 Å². The summed E-state index contributed by atoms with van der Waals surface area (Å²) < 4.78 is 21.4. The quantitative estimate of drug-likeness (QED) is 0.177. The molecule has 4 fully saturated rings. The van der Waals surface area contributed by atoms with Crippen LogP contribution < -0.4 is 20.0 Å². The van der Waals surface area contributed by atoms with Gasteiger partial charge in [-0.25, -0.2) is 14.4 Å². The Balaban J connectivity index is 0.757. The Labute approximate surface area is 339 Å². The zero-order valence-corrected chi connectivity index (χ0v) is 33.8. The molecule has 0 spiro atoms. The molecule has 3 aromatic heterocycles. The van der Waals surface area contributed by atoms with Crippen LogP contribution >= 0.6 is 15.9 Å². The van der Waals surface area contributed by atoms with Crippen LogP contribution in [0.3, 0.4) is 0 Å². The molecular formula is C42H48BrFN10O3. The first-order valence-corrected chi connectivity index (χ1v) is 20.9. The van der Waals surface area contributed by atoms with Gasteiger partial charge in [0.15, 0.2) is 5.65 Å². The number of fused-ring (bicyclic) bond motifs is 1. The Morgan fingerprint density at radius 3 is 2.25 bits per heavy atom. The topological polar surface area (TPSA) is 130 Å². The van der Waals surface area contributed by atoms with Crippen molar-refractivity contribution in [3.8, 4) is 11.4 Å². The molecule has 4 saturated heterocycles. The number of hydrogen-bond acceptors (Lipinski definition) is 11. The van der Waals surface area contributed by atoms with Crippen LogP contribution in [0.1, 0.15) is 48.6 Å². The minimum absolute atomic E-state index is 0.239. The van der Waals surface area contributed by atoms with Gasteiger partial charge in [0.05, 0.1) is 21.8 Å². The summed E-state index contributed by atoms with van der Waals surface area (Å²) in [7, 11) is 0. The molecular weight excluding hydrogens is 791 g/mol. The summed E-state index contributed by atoms with van der Waals surface area (Å²) in [4.78, 5) is 49.1. The molecule has 7 heterocycles. The molecule has 0 aliphatic carbocycles. The number of imidazole rings is 1. The van der Waals surface area contributed by atoms with Gasteiger partial charge in [-0.05, 0) is 84.4 Å². The minimum atomic E-state index is -0.611. The fraction of sp³-hybridized carbons (Fsp3) is 0.452. The normalized spacial score (nSPS) is 20.5. The molecule has 2 aromatic carbocycles. The summed E-state index contributed by atoms with van der Waals surface area (Å²) in [5.41, 5.74) is 7.21. The summed E-state index contributed by atoms with van der Waals surface area (Å²) in [6, 6.07) is 15.9. The number of H-pyrrole nitrogens is 1. The predicted octanol–water partition coefficient (Wildman–Crippen LogP) is 5.70. The van der Waals surface area contributed by atoms with E-state index in [-0.39, 0.29) is 18.1 Å². The number of nitrogens with one attached hydrogen (secondary N) is 2. The molecule has 1 atom stereocenters. The number of pyridine rings is 1. The SMILES string of the molecule is Cc1cc(CN2CCN(c3c(Br)cnc4nc(-c5ccc(N6CCN(CC7CCN(c8ccc([C@H]9CCC(=O)NC9=O)c(F)c8)CC7)CC6)cc5)[nH]c34)CC2)no1. The maximum absolute atomic E-state index is 15.2. The fourth-order valence-corrected chi connectivity index (χ4v) is 9.51. The number of piperazine rings is 2. The number of anilines is 3. The fourth-order valence-electron chi connectivity index (χ4n) is 8.96. The number of hydrogen-bond donors (Lipinski definition) is 2. The van der Waals surface area contributed by atoms with Crippen molar-refractivity contribution in [2.75, 3.05) is 86.7 Å². The maximum atomic E-state index is 15.2. The smallest absolute Gasteiger partial charge is 0.234 e. The third-order valence-electron chi connectivity index (χ3n) is 12.2. The zero-order chi connectivity index (χ0) is 39.0. The second kappa shape index (κ2) is 16.2. The summed E-state index contributed by atoms with van der Waals surface area (Å²) >= 11 is 3.78. The lowest BCUT2D eigenvalue weighted by atomic mass is 9.89. The van der Waals surface area contributed by atoms with Gasteiger partial charge in [0.2, 0.25) is 11.8 Å². The van der Waals surface area contributed by atoms with Crippen molar-refractivity contribution in [2.45, 2.75) is 45.1 Å². The molecule has 57 heavy (non-hydrogen) atoms. The van der Waals surface area contributed by atoms with Crippen LogP contribution in [0, 0.1) is 18.7 Å². The van der Waals surface area contributed by atoms with Crippen LogP contribution in [0.25, 0.3) is 22.6 Å². The Bertz CT molecular complexity index is 2240. The number of nitrogens with zero attached hydrogens (tertiary/aromatic N) is 8. The molecule has 4 aliphatic rings. The molecule has 2 N–H and O–H groups in total. The van der Waals surface area contributed by atoms with E-state index in [1.54, 1.807) is 12.1 Å². The van der Waals surface area contributed by atoms with E-state index in [1.807, 2.05) is 25.3 Å². The van der Waals surface area contributed by atoms with E-state index in [9.17, 15) is 9.59 Å². The number of benzene rings is 2. The number of carbonyl (C=O) groups excluding carboxylic acids is 2. The monoisotopic (exact) mass is 838 g/mol. The number of halogens is 2. The van der Waals surface area contributed by atoms with E-state index in [0.29, 0.717) is 23.5 Å². The van der Waals surface area contributed by atoms with Crippen molar-refractivity contribution >= 4 is 56.0 Å². The Morgan fingerprint density at radius 2 is 1.54 bits per heavy atom. The number of amides is 2. The molecule has 4 aliphatic heterocycles. The molecule has 2 amide bonds. The van der Waals surface area contributed by atoms with E-state index in [0.717, 1.165) is 136 Å². The lowest BCUT2D eigenvalue weighted by Gasteiger charge is -2.40. The van der Waals surface area contributed by atoms with Gasteiger partial charge in [-0.15, -0.1) is 0 Å². The van der Waals surface area contributed by atoms with Gasteiger partial charge in [-0.1, -0.05) is 11.2 Å². The van der Waals surface area contributed by atoms with E-state index in [4.69, 9.17) is 9.51 Å². The number of rotatable bonds is 9.